The van der Waals surface area contributed by atoms with E-state index in [1.807, 2.05) is 12.1 Å². The third-order valence-corrected chi connectivity index (χ3v) is 4.99. The summed E-state index contributed by atoms with van der Waals surface area (Å²) in [6.45, 7) is 1.08. The Hall–Kier alpha value is -2.65. The lowest BCUT2D eigenvalue weighted by atomic mass is 10.1. The summed E-state index contributed by atoms with van der Waals surface area (Å²) in [5.41, 5.74) is 11.6. The second kappa shape index (κ2) is 11.3. The van der Waals surface area contributed by atoms with E-state index in [2.05, 4.69) is 9.98 Å². The average molecular weight is 490 g/mol. The van der Waals surface area contributed by atoms with Crippen LogP contribution in [0, 0.1) is 0 Å². The number of aliphatic imine (C=N–C) groups is 2. The second-order valence-electron chi connectivity index (χ2n) is 7.01. The first-order valence-electron chi connectivity index (χ1n) is 9.73. The first kappa shape index (κ1) is 25.6. The summed E-state index contributed by atoms with van der Waals surface area (Å²) in [6, 6.07) is 12.0. The Labute approximate surface area is 195 Å². The predicted molar refractivity (Wildman–Crippen MR) is 122 cm³/mol. The molecule has 6 nitrogen and oxygen atoms in total. The number of rotatable bonds is 8. The fourth-order valence-corrected chi connectivity index (χ4v) is 3.27. The molecule has 0 bridgehead atoms. The van der Waals surface area contributed by atoms with Crippen LogP contribution in [-0.2, 0) is 6.18 Å². The first-order chi connectivity index (χ1) is 14.7. The molecule has 1 heterocycles. The summed E-state index contributed by atoms with van der Waals surface area (Å²) in [5.74, 6) is 0.939. The van der Waals surface area contributed by atoms with Gasteiger partial charge in [-0.05, 0) is 61.2 Å². The summed E-state index contributed by atoms with van der Waals surface area (Å²) >= 11 is 5.85. The van der Waals surface area contributed by atoms with Crippen molar-refractivity contribution in [2.24, 2.45) is 21.5 Å². The predicted octanol–water partition coefficient (Wildman–Crippen LogP) is 4.97. The van der Waals surface area contributed by atoms with Crippen LogP contribution in [0.2, 0.25) is 5.02 Å². The molecule has 0 fully saturated rings. The Morgan fingerprint density at radius 1 is 0.969 bits per heavy atom. The molecule has 0 saturated carbocycles. The Balaban J connectivity index is 0.00000363. The molecular formula is C21H24Cl2F3N5O. The number of hydrogen-bond acceptors (Lipinski definition) is 6. The van der Waals surface area contributed by atoms with Crippen molar-refractivity contribution in [2.45, 2.75) is 31.6 Å². The zero-order valence-corrected chi connectivity index (χ0v) is 18.6. The minimum atomic E-state index is -4.40. The number of unbranched alkanes of at least 4 members (excludes halogenated alkanes) is 2. The van der Waals surface area contributed by atoms with Crippen LogP contribution in [0.1, 0.15) is 36.6 Å². The number of benzene rings is 2. The van der Waals surface area contributed by atoms with Crippen molar-refractivity contribution in [1.82, 2.24) is 4.90 Å². The fourth-order valence-electron chi connectivity index (χ4n) is 3.15. The maximum Gasteiger partial charge on any atom is 0.416 e. The molecule has 1 atom stereocenters. The van der Waals surface area contributed by atoms with Crippen LogP contribution in [0.3, 0.4) is 0 Å². The van der Waals surface area contributed by atoms with Crippen molar-refractivity contribution < 1.29 is 17.9 Å². The van der Waals surface area contributed by atoms with Crippen LogP contribution in [0.5, 0.6) is 5.75 Å². The molecule has 4 N–H and O–H groups in total. The zero-order valence-electron chi connectivity index (χ0n) is 17.1. The van der Waals surface area contributed by atoms with Gasteiger partial charge < -0.3 is 21.1 Å². The van der Waals surface area contributed by atoms with Gasteiger partial charge >= 0.3 is 6.18 Å². The van der Waals surface area contributed by atoms with Gasteiger partial charge in [0, 0.05) is 11.6 Å². The third kappa shape index (κ3) is 6.93. The molecule has 0 amide bonds. The summed E-state index contributed by atoms with van der Waals surface area (Å²) < 4.78 is 44.2. The van der Waals surface area contributed by atoms with Gasteiger partial charge in [-0.25, -0.2) is 4.99 Å². The Kier molecular flexibility index (Phi) is 9.03. The number of halogens is 5. The van der Waals surface area contributed by atoms with E-state index in [9.17, 15) is 13.2 Å². The molecule has 32 heavy (non-hydrogen) atoms. The maximum atomic E-state index is 12.8. The van der Waals surface area contributed by atoms with Crippen molar-refractivity contribution in [3.63, 3.8) is 0 Å². The van der Waals surface area contributed by atoms with Crippen molar-refractivity contribution in [3.05, 3.63) is 64.7 Å². The number of guanidine groups is 2. The van der Waals surface area contributed by atoms with E-state index in [0.717, 1.165) is 37.1 Å². The summed E-state index contributed by atoms with van der Waals surface area (Å²) in [7, 11) is 0. The molecule has 11 heteroatoms. The van der Waals surface area contributed by atoms with Crippen LogP contribution in [0.15, 0.2) is 58.5 Å². The first-order valence-corrected chi connectivity index (χ1v) is 10.1. The smallest absolute Gasteiger partial charge is 0.416 e. The van der Waals surface area contributed by atoms with Gasteiger partial charge in [-0.1, -0.05) is 23.7 Å². The minimum Gasteiger partial charge on any atom is -0.494 e. The highest BCUT2D eigenvalue weighted by molar-refractivity contribution is 6.30. The Bertz CT molecular complexity index is 934. The van der Waals surface area contributed by atoms with Gasteiger partial charge in [0.2, 0.25) is 11.9 Å². The molecule has 0 radical (unpaired) electrons. The molecule has 1 aliphatic heterocycles. The highest BCUT2D eigenvalue weighted by Crippen LogP contribution is 2.32. The highest BCUT2D eigenvalue weighted by atomic mass is 35.5. The van der Waals surface area contributed by atoms with Gasteiger partial charge in [-0.15, -0.1) is 12.4 Å². The lowest BCUT2D eigenvalue weighted by Gasteiger charge is -2.33. The van der Waals surface area contributed by atoms with Gasteiger partial charge in [-0.2, -0.15) is 18.2 Å². The Morgan fingerprint density at radius 3 is 2.25 bits per heavy atom. The van der Waals surface area contributed by atoms with E-state index in [4.69, 9.17) is 27.8 Å². The highest BCUT2D eigenvalue weighted by Gasteiger charge is 2.31. The lowest BCUT2D eigenvalue weighted by Crippen LogP contribution is -2.44. The molecule has 0 saturated heterocycles. The third-order valence-electron chi connectivity index (χ3n) is 4.74. The summed E-state index contributed by atoms with van der Waals surface area (Å²) in [6.07, 6.45) is -2.57. The molecular weight excluding hydrogens is 466 g/mol. The number of nitrogens with zero attached hydrogens (tertiary/aromatic N) is 3. The van der Waals surface area contributed by atoms with Gasteiger partial charge in [0.1, 0.15) is 5.75 Å². The van der Waals surface area contributed by atoms with Crippen molar-refractivity contribution >= 4 is 35.9 Å². The SMILES string of the molecule is Cl.NC1=NC(c2ccc(C(F)(F)F)cc2)N(CCCCCOc2ccc(Cl)cc2)C(N)=N1. The van der Waals surface area contributed by atoms with Gasteiger partial charge in [0.25, 0.3) is 0 Å². The van der Waals surface area contributed by atoms with Crippen LogP contribution >= 0.6 is 24.0 Å². The Morgan fingerprint density at radius 2 is 1.62 bits per heavy atom. The number of ether oxygens (including phenoxy) is 1. The van der Waals surface area contributed by atoms with Crippen LogP contribution in [0.4, 0.5) is 13.2 Å². The van der Waals surface area contributed by atoms with Gasteiger partial charge in [-0.3, -0.25) is 0 Å². The van der Waals surface area contributed by atoms with E-state index < -0.39 is 17.9 Å². The molecule has 2 aromatic rings. The molecule has 3 rings (SSSR count). The number of alkyl halides is 3. The van der Waals surface area contributed by atoms with Crippen molar-refractivity contribution in [2.75, 3.05) is 13.2 Å². The normalized spacial score (nSPS) is 16.1. The minimum absolute atomic E-state index is 0. The number of hydrogen-bond donors (Lipinski definition) is 2. The quantitative estimate of drug-likeness (QED) is 0.512. The van der Waals surface area contributed by atoms with Gasteiger partial charge in [0.05, 0.1) is 12.2 Å². The average Bonchev–Trinajstić information content (AvgIpc) is 2.72. The summed E-state index contributed by atoms with van der Waals surface area (Å²) in [5, 5.41) is 0.652. The zero-order chi connectivity index (χ0) is 22.4. The standard InChI is InChI=1S/C21H23ClF3N5O.ClH/c22-16-8-10-17(11-9-16)31-13-3-1-2-12-30-18(28-19(26)29-20(30)27)14-4-6-15(7-5-14)21(23,24)25;/h4-11,18H,1-3,12-13H2,(H4,26,27,28,29);1H. The number of nitrogens with two attached hydrogens (primary N) is 2. The molecule has 2 aromatic carbocycles. The monoisotopic (exact) mass is 489 g/mol. The van der Waals surface area contributed by atoms with Crippen molar-refractivity contribution in [3.8, 4) is 5.75 Å². The molecule has 0 aromatic heterocycles. The van der Waals surface area contributed by atoms with E-state index in [1.54, 1.807) is 17.0 Å². The molecule has 0 aliphatic carbocycles. The van der Waals surface area contributed by atoms with Crippen LogP contribution in [-0.4, -0.2) is 30.0 Å². The van der Waals surface area contributed by atoms with Crippen LogP contribution < -0.4 is 16.2 Å². The van der Waals surface area contributed by atoms with Crippen molar-refractivity contribution in [1.29, 1.82) is 0 Å². The van der Waals surface area contributed by atoms with Gasteiger partial charge in [0.15, 0.2) is 6.17 Å². The second-order valence-corrected chi connectivity index (χ2v) is 7.44. The largest absolute Gasteiger partial charge is 0.494 e. The maximum absolute atomic E-state index is 12.8. The van der Waals surface area contributed by atoms with E-state index in [-0.39, 0.29) is 24.3 Å². The lowest BCUT2D eigenvalue weighted by molar-refractivity contribution is -0.137. The van der Waals surface area contributed by atoms with Crippen LogP contribution in [0.25, 0.3) is 0 Å². The molecule has 1 unspecified atom stereocenters. The molecule has 1 aliphatic rings. The van der Waals surface area contributed by atoms with E-state index in [0.29, 0.717) is 23.7 Å². The molecule has 174 valence electrons. The van der Waals surface area contributed by atoms with E-state index >= 15 is 0 Å². The summed E-state index contributed by atoms with van der Waals surface area (Å²) in [4.78, 5) is 10.0. The fraction of sp³-hybridized carbons (Fsp3) is 0.333. The van der Waals surface area contributed by atoms with E-state index in [1.165, 1.54) is 12.1 Å². The molecule has 0 spiro atoms. The topological polar surface area (TPSA) is 89.2 Å².